The second-order valence-corrected chi connectivity index (χ2v) is 3.81. The molecule has 1 aromatic carbocycles. The van der Waals surface area contributed by atoms with Crippen LogP contribution < -0.4 is 5.32 Å². The largest absolute Gasteiger partial charge is 0.391 e. The van der Waals surface area contributed by atoms with Gasteiger partial charge < -0.3 is 5.32 Å². The first-order valence-electron chi connectivity index (χ1n) is 4.46. The third-order valence-corrected chi connectivity index (χ3v) is 2.01. The Morgan fingerprint density at radius 2 is 2.07 bits per heavy atom. The number of nitrogens with one attached hydrogen (secondary N) is 1. The van der Waals surface area contributed by atoms with Gasteiger partial charge in [-0.3, -0.25) is 0 Å². The lowest BCUT2D eigenvalue weighted by Crippen LogP contribution is -2.23. The monoisotopic (exact) mass is 237 g/mol. The molecule has 1 nitrogen and oxygen atoms in total. The molecule has 0 aliphatic rings. The molecular formula is C10H11ClF3N. The van der Waals surface area contributed by atoms with Gasteiger partial charge in [0.05, 0.1) is 6.42 Å². The SMILES string of the molecule is CC(CC(F)(F)F)Nc1cccc(Cl)c1. The third kappa shape index (κ3) is 4.93. The molecular weight excluding hydrogens is 227 g/mol. The second-order valence-electron chi connectivity index (χ2n) is 3.38. The molecule has 1 N–H and O–H groups in total. The molecule has 0 aromatic heterocycles. The summed E-state index contributed by atoms with van der Waals surface area (Å²) in [6.07, 6.45) is -5.01. The van der Waals surface area contributed by atoms with Gasteiger partial charge in [-0.05, 0) is 25.1 Å². The van der Waals surface area contributed by atoms with E-state index in [0.29, 0.717) is 10.7 Å². The Balaban J connectivity index is 2.55. The van der Waals surface area contributed by atoms with Gasteiger partial charge in [-0.2, -0.15) is 13.2 Å². The molecule has 1 atom stereocenters. The van der Waals surface area contributed by atoms with Crippen molar-refractivity contribution in [2.75, 3.05) is 5.32 Å². The van der Waals surface area contributed by atoms with Gasteiger partial charge in [0.15, 0.2) is 0 Å². The van der Waals surface area contributed by atoms with Crippen LogP contribution in [0.3, 0.4) is 0 Å². The van der Waals surface area contributed by atoms with Crippen molar-refractivity contribution in [1.82, 2.24) is 0 Å². The molecule has 0 radical (unpaired) electrons. The standard InChI is InChI=1S/C10H11ClF3N/c1-7(6-10(12,13)14)15-9-4-2-3-8(11)5-9/h2-5,7,15H,6H2,1H3. The normalized spacial score (nSPS) is 13.7. The maximum atomic E-state index is 12.0. The van der Waals surface area contributed by atoms with E-state index in [9.17, 15) is 13.2 Å². The zero-order chi connectivity index (χ0) is 11.5. The van der Waals surface area contributed by atoms with E-state index in [1.165, 1.54) is 6.92 Å². The first kappa shape index (κ1) is 12.2. The Hall–Kier alpha value is -0.900. The highest BCUT2D eigenvalue weighted by atomic mass is 35.5. The summed E-state index contributed by atoms with van der Waals surface area (Å²) in [4.78, 5) is 0. The first-order valence-corrected chi connectivity index (χ1v) is 4.83. The number of alkyl halides is 3. The number of hydrogen-bond acceptors (Lipinski definition) is 1. The van der Waals surface area contributed by atoms with E-state index in [0.717, 1.165) is 0 Å². The van der Waals surface area contributed by atoms with Crippen molar-refractivity contribution in [2.45, 2.75) is 25.6 Å². The summed E-state index contributed by atoms with van der Waals surface area (Å²) in [6.45, 7) is 1.48. The Morgan fingerprint density at radius 1 is 1.40 bits per heavy atom. The number of halogens is 4. The van der Waals surface area contributed by atoms with Gasteiger partial charge in [0, 0.05) is 16.8 Å². The minimum atomic E-state index is -4.15. The fraction of sp³-hybridized carbons (Fsp3) is 0.400. The van der Waals surface area contributed by atoms with E-state index < -0.39 is 18.6 Å². The minimum Gasteiger partial charge on any atom is -0.382 e. The van der Waals surface area contributed by atoms with Gasteiger partial charge in [0.2, 0.25) is 0 Å². The predicted octanol–water partition coefficient (Wildman–Crippen LogP) is 4.09. The molecule has 1 unspecified atom stereocenters. The van der Waals surface area contributed by atoms with Gasteiger partial charge in [-0.25, -0.2) is 0 Å². The molecule has 0 saturated heterocycles. The fourth-order valence-electron chi connectivity index (χ4n) is 1.26. The summed E-state index contributed by atoms with van der Waals surface area (Å²) < 4.78 is 36.1. The smallest absolute Gasteiger partial charge is 0.382 e. The minimum absolute atomic E-state index is 0.499. The van der Waals surface area contributed by atoms with Gasteiger partial charge in [-0.1, -0.05) is 17.7 Å². The predicted molar refractivity (Wildman–Crippen MR) is 55.2 cm³/mol. The Bertz CT molecular complexity index is 325. The van der Waals surface area contributed by atoms with E-state index in [-0.39, 0.29) is 0 Å². The highest BCUT2D eigenvalue weighted by molar-refractivity contribution is 6.30. The van der Waals surface area contributed by atoms with Crippen LogP contribution in [-0.2, 0) is 0 Å². The van der Waals surface area contributed by atoms with Crippen LogP contribution >= 0.6 is 11.6 Å². The van der Waals surface area contributed by atoms with Crippen molar-refractivity contribution in [3.05, 3.63) is 29.3 Å². The summed E-state index contributed by atoms with van der Waals surface area (Å²) in [7, 11) is 0. The van der Waals surface area contributed by atoms with E-state index in [4.69, 9.17) is 11.6 Å². The molecule has 0 bridgehead atoms. The zero-order valence-corrected chi connectivity index (χ0v) is 8.86. The molecule has 0 fully saturated rings. The Kier molecular flexibility index (Phi) is 3.85. The molecule has 0 saturated carbocycles. The summed E-state index contributed by atoms with van der Waals surface area (Å²) in [6, 6.07) is 5.96. The summed E-state index contributed by atoms with van der Waals surface area (Å²) >= 11 is 5.70. The first-order chi connectivity index (χ1) is 6.87. The van der Waals surface area contributed by atoms with Crippen LogP contribution in [0.25, 0.3) is 0 Å². The fourth-order valence-corrected chi connectivity index (χ4v) is 1.45. The van der Waals surface area contributed by atoms with Crippen LogP contribution in [-0.4, -0.2) is 12.2 Å². The molecule has 0 heterocycles. The lowest BCUT2D eigenvalue weighted by Gasteiger charge is -2.16. The highest BCUT2D eigenvalue weighted by Gasteiger charge is 2.29. The van der Waals surface area contributed by atoms with Crippen LogP contribution in [0.2, 0.25) is 5.02 Å². The van der Waals surface area contributed by atoms with E-state index in [1.54, 1.807) is 24.3 Å². The Labute approximate surface area is 91.2 Å². The zero-order valence-electron chi connectivity index (χ0n) is 8.11. The molecule has 0 aliphatic carbocycles. The Morgan fingerprint density at radius 3 is 2.60 bits per heavy atom. The average Bonchev–Trinajstić information content (AvgIpc) is 1.99. The van der Waals surface area contributed by atoms with Crippen molar-refractivity contribution in [1.29, 1.82) is 0 Å². The van der Waals surface area contributed by atoms with E-state index >= 15 is 0 Å². The maximum absolute atomic E-state index is 12.0. The van der Waals surface area contributed by atoms with Gasteiger partial charge in [0.1, 0.15) is 0 Å². The molecule has 84 valence electrons. The van der Waals surface area contributed by atoms with Crippen molar-refractivity contribution in [2.24, 2.45) is 0 Å². The quantitative estimate of drug-likeness (QED) is 0.835. The van der Waals surface area contributed by atoms with Crippen molar-refractivity contribution in [3.8, 4) is 0 Å². The van der Waals surface area contributed by atoms with E-state index in [1.807, 2.05) is 0 Å². The molecule has 15 heavy (non-hydrogen) atoms. The van der Waals surface area contributed by atoms with Gasteiger partial charge >= 0.3 is 6.18 Å². The summed E-state index contributed by atoms with van der Waals surface area (Å²) in [5.41, 5.74) is 0.597. The topological polar surface area (TPSA) is 12.0 Å². The number of benzene rings is 1. The molecule has 0 aliphatic heterocycles. The lowest BCUT2D eigenvalue weighted by atomic mass is 10.2. The maximum Gasteiger partial charge on any atom is 0.391 e. The van der Waals surface area contributed by atoms with Crippen LogP contribution in [0.5, 0.6) is 0 Å². The van der Waals surface area contributed by atoms with Crippen molar-refractivity contribution < 1.29 is 13.2 Å². The third-order valence-electron chi connectivity index (χ3n) is 1.78. The van der Waals surface area contributed by atoms with Crippen LogP contribution in [0, 0.1) is 0 Å². The van der Waals surface area contributed by atoms with Crippen molar-refractivity contribution >= 4 is 17.3 Å². The van der Waals surface area contributed by atoms with Crippen LogP contribution in [0.15, 0.2) is 24.3 Å². The van der Waals surface area contributed by atoms with Gasteiger partial charge in [0.25, 0.3) is 0 Å². The average molecular weight is 238 g/mol. The molecule has 1 rings (SSSR count). The molecule has 5 heteroatoms. The number of anilines is 1. The number of rotatable bonds is 3. The molecule has 0 spiro atoms. The van der Waals surface area contributed by atoms with Crippen molar-refractivity contribution in [3.63, 3.8) is 0 Å². The van der Waals surface area contributed by atoms with Crippen LogP contribution in [0.4, 0.5) is 18.9 Å². The molecule has 0 amide bonds. The van der Waals surface area contributed by atoms with Crippen LogP contribution in [0.1, 0.15) is 13.3 Å². The van der Waals surface area contributed by atoms with E-state index in [2.05, 4.69) is 5.32 Å². The second kappa shape index (κ2) is 4.75. The number of hydrogen-bond donors (Lipinski definition) is 1. The molecule has 1 aromatic rings. The lowest BCUT2D eigenvalue weighted by molar-refractivity contribution is -0.136. The highest BCUT2D eigenvalue weighted by Crippen LogP contribution is 2.24. The van der Waals surface area contributed by atoms with Gasteiger partial charge in [-0.15, -0.1) is 0 Å². The summed E-state index contributed by atoms with van der Waals surface area (Å²) in [5.74, 6) is 0. The summed E-state index contributed by atoms with van der Waals surface area (Å²) in [5, 5.41) is 3.23.